The Kier molecular flexibility index (Phi) is 18.6. The van der Waals surface area contributed by atoms with Crippen LogP contribution in [0.25, 0.3) is 0 Å². The highest BCUT2D eigenvalue weighted by molar-refractivity contribution is 4.52. The molecule has 0 aliphatic carbocycles. The van der Waals surface area contributed by atoms with Gasteiger partial charge in [0.1, 0.15) is 26.2 Å². The standard InChI is InChI=1S/2C12H28N2O.2HI/c2*1-13(2,3)9-11-15-12-10-14(4)7-5-6-8-14;;/h2*5-12H2,1-4H3;2*1H/q2*+2;;/p-2. The number of halogens is 2. The van der Waals surface area contributed by atoms with Gasteiger partial charge in [-0.1, -0.05) is 0 Å². The lowest BCUT2D eigenvalue weighted by Gasteiger charge is -2.29. The molecule has 0 unspecified atom stereocenters. The van der Waals surface area contributed by atoms with E-state index in [0.29, 0.717) is 0 Å². The number of nitrogens with zero attached hydrogens (tertiary/aromatic N) is 4. The molecule has 2 aliphatic rings. The van der Waals surface area contributed by atoms with Crippen molar-refractivity contribution in [2.45, 2.75) is 25.7 Å². The average molecular weight is 687 g/mol. The third-order valence-electron chi connectivity index (χ3n) is 6.66. The van der Waals surface area contributed by atoms with Crippen LogP contribution in [0.2, 0.25) is 0 Å². The second kappa shape index (κ2) is 16.8. The SMILES string of the molecule is C[N+](C)(C)CCOCC[N+]1(C)CCCC1.C[N+](C)(C)CCOCC[N+]1(C)CCCC1.[I-].[I-]. The Bertz CT molecular complexity index is 414. The van der Waals surface area contributed by atoms with E-state index < -0.39 is 0 Å². The summed E-state index contributed by atoms with van der Waals surface area (Å²) in [6.07, 6.45) is 5.59. The number of hydrogen-bond donors (Lipinski definition) is 0. The monoisotopic (exact) mass is 686 g/mol. The van der Waals surface area contributed by atoms with Gasteiger partial charge < -0.3 is 75.4 Å². The molecule has 0 aromatic carbocycles. The second-order valence-corrected chi connectivity index (χ2v) is 12.2. The van der Waals surface area contributed by atoms with Crippen LogP contribution in [0, 0.1) is 0 Å². The Morgan fingerprint density at radius 1 is 0.531 bits per heavy atom. The van der Waals surface area contributed by atoms with Crippen LogP contribution in [0.4, 0.5) is 0 Å². The first kappa shape index (κ1) is 35.4. The van der Waals surface area contributed by atoms with Crippen LogP contribution in [0.3, 0.4) is 0 Å². The molecule has 2 rings (SSSR count). The van der Waals surface area contributed by atoms with Crippen molar-refractivity contribution in [1.29, 1.82) is 0 Å². The lowest BCUT2D eigenvalue weighted by molar-refractivity contribution is -0.898. The Morgan fingerprint density at radius 2 is 0.812 bits per heavy atom. The molecule has 0 aromatic rings. The molecule has 0 N–H and O–H groups in total. The first-order valence-corrected chi connectivity index (χ1v) is 12.3. The largest absolute Gasteiger partial charge is 1.00 e. The van der Waals surface area contributed by atoms with E-state index in [9.17, 15) is 0 Å². The summed E-state index contributed by atoms with van der Waals surface area (Å²) < 4.78 is 15.8. The molecule has 0 bridgehead atoms. The number of likely N-dealkylation sites (tertiary alicyclic amines) is 2. The van der Waals surface area contributed by atoms with E-state index in [2.05, 4.69) is 56.4 Å². The number of ether oxygens (including phenoxy) is 2. The zero-order chi connectivity index (χ0) is 22.7. The minimum atomic E-state index is 0. The summed E-state index contributed by atoms with van der Waals surface area (Å²) in [5.74, 6) is 0. The smallest absolute Gasteiger partial charge is 0.102 e. The fourth-order valence-electron chi connectivity index (χ4n) is 4.10. The van der Waals surface area contributed by atoms with Crippen molar-refractivity contribution in [2.75, 3.05) is 135 Å². The maximum Gasteiger partial charge on any atom is 0.102 e. The fourth-order valence-corrected chi connectivity index (χ4v) is 4.10. The van der Waals surface area contributed by atoms with E-state index in [-0.39, 0.29) is 48.0 Å². The molecule has 0 radical (unpaired) electrons. The maximum atomic E-state index is 5.71. The average Bonchev–Trinajstić information content (AvgIpc) is 3.22. The van der Waals surface area contributed by atoms with E-state index in [1.165, 1.54) is 73.9 Å². The predicted molar refractivity (Wildman–Crippen MR) is 127 cm³/mol. The summed E-state index contributed by atoms with van der Waals surface area (Å²) >= 11 is 0. The molecule has 0 spiro atoms. The van der Waals surface area contributed by atoms with Gasteiger partial charge in [-0.15, -0.1) is 0 Å². The number of quaternary nitrogens is 4. The van der Waals surface area contributed by atoms with E-state index in [1.807, 2.05) is 0 Å². The highest BCUT2D eigenvalue weighted by Gasteiger charge is 2.27. The minimum absolute atomic E-state index is 0. The molecule has 0 amide bonds. The molecule has 0 atom stereocenters. The van der Waals surface area contributed by atoms with Gasteiger partial charge in [0.25, 0.3) is 0 Å². The predicted octanol–water partition coefficient (Wildman–Crippen LogP) is -4.09. The van der Waals surface area contributed by atoms with Crippen LogP contribution in [-0.2, 0) is 9.47 Å². The maximum absolute atomic E-state index is 5.71. The van der Waals surface area contributed by atoms with Crippen LogP contribution in [0.5, 0.6) is 0 Å². The summed E-state index contributed by atoms with van der Waals surface area (Å²) in [7, 11) is 18.0. The third kappa shape index (κ3) is 18.5. The van der Waals surface area contributed by atoms with Crippen molar-refractivity contribution in [1.82, 2.24) is 0 Å². The number of rotatable bonds is 12. The molecule has 8 heteroatoms. The molecule has 6 nitrogen and oxygen atoms in total. The van der Waals surface area contributed by atoms with Crippen molar-refractivity contribution < 1.29 is 75.4 Å². The molecule has 196 valence electrons. The van der Waals surface area contributed by atoms with Crippen LogP contribution < -0.4 is 48.0 Å². The zero-order valence-corrected chi connectivity index (χ0v) is 27.0. The second-order valence-electron chi connectivity index (χ2n) is 12.2. The summed E-state index contributed by atoms with van der Waals surface area (Å²) in [6.45, 7) is 13.6. The van der Waals surface area contributed by atoms with E-state index in [1.54, 1.807) is 0 Å². The molecule has 0 aromatic heterocycles. The van der Waals surface area contributed by atoms with Gasteiger partial charge in [0.05, 0.1) is 109 Å². The van der Waals surface area contributed by atoms with Crippen LogP contribution >= 0.6 is 0 Å². The lowest BCUT2D eigenvalue weighted by Crippen LogP contribution is -3.00. The van der Waals surface area contributed by atoms with Crippen molar-refractivity contribution in [3.63, 3.8) is 0 Å². The van der Waals surface area contributed by atoms with Crippen molar-refractivity contribution >= 4 is 0 Å². The first-order valence-electron chi connectivity index (χ1n) is 12.3. The van der Waals surface area contributed by atoms with Gasteiger partial charge in [-0.2, -0.15) is 0 Å². The quantitative estimate of drug-likeness (QED) is 0.118. The highest BCUT2D eigenvalue weighted by atomic mass is 127. The van der Waals surface area contributed by atoms with Crippen molar-refractivity contribution in [3.05, 3.63) is 0 Å². The molecular weight excluding hydrogens is 630 g/mol. The summed E-state index contributed by atoms with van der Waals surface area (Å²) in [6, 6.07) is 0. The van der Waals surface area contributed by atoms with E-state index >= 15 is 0 Å². The van der Waals surface area contributed by atoms with Gasteiger partial charge in [0, 0.05) is 25.7 Å². The Labute approximate surface area is 235 Å². The van der Waals surface area contributed by atoms with Gasteiger partial charge in [0.2, 0.25) is 0 Å². The normalized spacial score (nSPS) is 19.5. The van der Waals surface area contributed by atoms with Gasteiger partial charge >= 0.3 is 0 Å². The Balaban J connectivity index is 0. The molecule has 32 heavy (non-hydrogen) atoms. The van der Waals surface area contributed by atoms with Crippen LogP contribution in [0.1, 0.15) is 25.7 Å². The molecule has 2 fully saturated rings. The van der Waals surface area contributed by atoms with E-state index in [0.717, 1.165) is 48.5 Å². The van der Waals surface area contributed by atoms with Crippen LogP contribution in [0.15, 0.2) is 0 Å². The summed E-state index contributed by atoms with van der Waals surface area (Å²) in [5.41, 5.74) is 0. The fraction of sp³-hybridized carbons (Fsp3) is 1.00. The zero-order valence-electron chi connectivity index (χ0n) is 22.7. The Hall–Kier alpha value is 1.22. The summed E-state index contributed by atoms with van der Waals surface area (Å²) in [4.78, 5) is 0. The third-order valence-corrected chi connectivity index (χ3v) is 6.66. The number of likely N-dealkylation sites (N-methyl/N-ethyl adjacent to an activating group) is 4. The van der Waals surface area contributed by atoms with Gasteiger partial charge in [0.15, 0.2) is 0 Å². The lowest BCUT2D eigenvalue weighted by atomic mass is 10.4. The minimum Gasteiger partial charge on any atom is -1.00 e. The number of hydrogen-bond acceptors (Lipinski definition) is 2. The topological polar surface area (TPSA) is 18.5 Å². The molecule has 2 heterocycles. The van der Waals surface area contributed by atoms with Gasteiger partial charge in [-0.05, 0) is 0 Å². The molecule has 0 saturated carbocycles. The Morgan fingerprint density at radius 3 is 1.06 bits per heavy atom. The summed E-state index contributed by atoms with van der Waals surface area (Å²) in [5, 5.41) is 0. The van der Waals surface area contributed by atoms with Gasteiger partial charge in [-0.3, -0.25) is 0 Å². The van der Waals surface area contributed by atoms with Crippen molar-refractivity contribution in [3.8, 4) is 0 Å². The van der Waals surface area contributed by atoms with Gasteiger partial charge in [-0.25, -0.2) is 0 Å². The molecule has 2 aliphatic heterocycles. The van der Waals surface area contributed by atoms with Crippen LogP contribution in [-0.4, -0.2) is 153 Å². The highest BCUT2D eigenvalue weighted by Crippen LogP contribution is 2.16. The van der Waals surface area contributed by atoms with E-state index in [4.69, 9.17) is 9.47 Å². The molecule has 2 saturated heterocycles. The van der Waals surface area contributed by atoms with Crippen molar-refractivity contribution in [2.24, 2.45) is 0 Å². The molecular formula is C24H56I2N4O2+2. The first-order chi connectivity index (χ1) is 13.8.